The van der Waals surface area contributed by atoms with Gasteiger partial charge in [-0.2, -0.15) is 0 Å². The van der Waals surface area contributed by atoms with Gasteiger partial charge in [-0.15, -0.1) is 0 Å². The van der Waals surface area contributed by atoms with Gasteiger partial charge >= 0.3 is 0 Å². The van der Waals surface area contributed by atoms with Crippen LogP contribution in [0.5, 0.6) is 5.75 Å². The van der Waals surface area contributed by atoms with Crippen LogP contribution in [0.1, 0.15) is 80.0 Å². The summed E-state index contributed by atoms with van der Waals surface area (Å²) in [5.41, 5.74) is 6.96. The fraction of sp³-hybridized carbons (Fsp3) is 0.550. The van der Waals surface area contributed by atoms with Crippen LogP contribution in [0.25, 0.3) is 11.1 Å². The molecule has 0 radical (unpaired) electrons. The third-order valence-electron chi connectivity index (χ3n) is 10.3. The maximum Gasteiger partial charge on any atom is 0.222 e. The lowest BCUT2D eigenvalue weighted by molar-refractivity contribution is -0.140. The Hall–Kier alpha value is -3.42. The first kappa shape index (κ1) is 38.8. The minimum absolute atomic E-state index is 0.153. The molecule has 1 amide bonds. The lowest BCUT2D eigenvalue weighted by Crippen LogP contribution is -2.51. The average Bonchev–Trinajstić information content (AvgIpc) is 4.09. The summed E-state index contributed by atoms with van der Waals surface area (Å²) in [5.74, 6) is 0.925. The van der Waals surface area contributed by atoms with Crippen molar-refractivity contribution in [2.24, 2.45) is 0 Å². The van der Waals surface area contributed by atoms with Crippen LogP contribution < -0.4 is 10.1 Å². The lowest BCUT2D eigenvalue weighted by atomic mass is 9.91. The third kappa shape index (κ3) is 10.1. The first-order chi connectivity index (χ1) is 24.6. The number of nitrogens with zero attached hydrogens (tertiary/aromatic N) is 2. The molecule has 2 aliphatic carbocycles. The Morgan fingerprint density at radius 1 is 1.04 bits per heavy atom. The summed E-state index contributed by atoms with van der Waals surface area (Å²) < 4.78 is 11.4. The molecule has 6 N–H and O–H groups in total. The van der Waals surface area contributed by atoms with E-state index in [0.717, 1.165) is 49.0 Å². The topological polar surface area (TPSA) is 165 Å². The Morgan fingerprint density at radius 3 is 2.49 bits per heavy atom. The van der Waals surface area contributed by atoms with Gasteiger partial charge in [0, 0.05) is 56.7 Å². The number of para-hydroxylation sites is 1. The van der Waals surface area contributed by atoms with E-state index in [1.54, 1.807) is 0 Å². The molecule has 1 heterocycles. The molecule has 2 aromatic carbocycles. The van der Waals surface area contributed by atoms with Gasteiger partial charge in [-0.05, 0) is 91.3 Å². The minimum atomic E-state index is -1.75. The molecule has 3 aromatic rings. The van der Waals surface area contributed by atoms with Crippen molar-refractivity contribution in [3.63, 3.8) is 0 Å². The molecule has 0 bridgehead atoms. The minimum Gasteiger partial charge on any atom is -0.490 e. The summed E-state index contributed by atoms with van der Waals surface area (Å²) >= 11 is 0. The molecule has 2 saturated carbocycles. The van der Waals surface area contributed by atoms with Gasteiger partial charge in [0.1, 0.15) is 30.2 Å². The van der Waals surface area contributed by atoms with E-state index in [1.807, 2.05) is 18.5 Å². The second-order valence-electron chi connectivity index (χ2n) is 14.3. The van der Waals surface area contributed by atoms with Crippen molar-refractivity contribution in [1.29, 1.82) is 0 Å². The van der Waals surface area contributed by atoms with E-state index in [-0.39, 0.29) is 43.5 Å². The summed E-state index contributed by atoms with van der Waals surface area (Å²) in [6.07, 6.45) is 3.46. The van der Waals surface area contributed by atoms with E-state index >= 15 is 0 Å². The van der Waals surface area contributed by atoms with Gasteiger partial charge < -0.3 is 45.2 Å². The van der Waals surface area contributed by atoms with Gasteiger partial charge in [-0.3, -0.25) is 9.78 Å². The van der Waals surface area contributed by atoms with E-state index in [0.29, 0.717) is 19.1 Å². The second-order valence-corrected chi connectivity index (χ2v) is 14.3. The number of benzene rings is 2. The lowest BCUT2D eigenvalue weighted by Gasteiger charge is -2.30. The second kappa shape index (κ2) is 17.9. The highest BCUT2D eigenvalue weighted by Crippen LogP contribution is 2.50. The predicted molar refractivity (Wildman–Crippen MR) is 194 cm³/mol. The number of carbonyl (C=O) groups excluding carboxylic acids is 1. The smallest absolute Gasteiger partial charge is 0.222 e. The van der Waals surface area contributed by atoms with Gasteiger partial charge in [-0.1, -0.05) is 43.3 Å². The molecular formula is C40H55N3O8. The van der Waals surface area contributed by atoms with Crippen molar-refractivity contribution in [2.75, 3.05) is 33.4 Å². The number of hydrogen-bond donors (Lipinski definition) is 6. The van der Waals surface area contributed by atoms with E-state index in [2.05, 4.69) is 66.6 Å². The monoisotopic (exact) mass is 705 g/mol. The van der Waals surface area contributed by atoms with Crippen LogP contribution in [-0.4, -0.2) is 105 Å². The quantitative estimate of drug-likeness (QED) is 0.0966. The number of aliphatic hydroxyl groups excluding tert-OH is 5. The maximum atomic E-state index is 13.2. The van der Waals surface area contributed by atoms with Crippen molar-refractivity contribution in [2.45, 2.75) is 107 Å². The summed E-state index contributed by atoms with van der Waals surface area (Å²) in [4.78, 5) is 19.1. The maximum absolute atomic E-state index is 13.2. The molecule has 2 aliphatic rings. The number of carbonyl (C=O) groups is 1. The van der Waals surface area contributed by atoms with Gasteiger partial charge in [0.05, 0.1) is 19.3 Å². The summed E-state index contributed by atoms with van der Waals surface area (Å²) in [5, 5.41) is 53.3. The number of aryl methyl sites for hydroxylation is 1. The average molecular weight is 706 g/mol. The molecule has 278 valence electrons. The summed E-state index contributed by atoms with van der Waals surface area (Å²) in [7, 11) is 1.51. The molecule has 1 aromatic heterocycles. The first-order valence-corrected chi connectivity index (χ1v) is 18.2. The number of amides is 1. The molecule has 0 spiro atoms. The first-order valence-electron chi connectivity index (χ1n) is 18.2. The SMILES string of the molecule is COCCN(CC(O)C(O)C(O)C(O)CO)C(=O)CCCC(C)c1ccc(C)c(CNC2(c3cnccc3-c3ccccc3OC3CC3)CC2)c1. The number of pyridine rings is 1. The van der Waals surface area contributed by atoms with Gasteiger partial charge in [0.15, 0.2) is 0 Å². The zero-order chi connectivity index (χ0) is 36.5. The highest BCUT2D eigenvalue weighted by Gasteiger charge is 2.46. The molecule has 5 atom stereocenters. The zero-order valence-corrected chi connectivity index (χ0v) is 30.1. The van der Waals surface area contributed by atoms with E-state index < -0.39 is 31.0 Å². The van der Waals surface area contributed by atoms with Crippen LogP contribution in [0, 0.1) is 6.92 Å². The predicted octanol–water partition coefficient (Wildman–Crippen LogP) is 3.56. The van der Waals surface area contributed by atoms with Gasteiger partial charge in [0.25, 0.3) is 0 Å². The largest absolute Gasteiger partial charge is 0.490 e. The normalized spacial score (nSPS) is 18.0. The fourth-order valence-electron chi connectivity index (χ4n) is 6.59. The Labute approximate surface area is 301 Å². The number of methoxy groups -OCH3 is 1. The number of nitrogens with one attached hydrogen (secondary N) is 1. The van der Waals surface area contributed by atoms with Crippen LogP contribution in [0.15, 0.2) is 60.9 Å². The molecule has 0 saturated heterocycles. The van der Waals surface area contributed by atoms with E-state index in [9.17, 15) is 25.2 Å². The standard InChI is InChI=1S/C40H55N3O8/c1-26(7-6-10-37(47)43(19-20-50-3)24-34(45)38(48)39(49)35(46)25-44)28-12-11-27(2)29(21-28)22-42-40(16-17-40)33-23-41-18-15-31(33)32-8-4-5-9-36(32)51-30-13-14-30/h4-5,8-9,11-12,15,18,21,23,26,30,34-35,38-39,42,44-46,48-49H,6-7,10,13-14,16-17,19-20,22,24-25H2,1-3H3. The van der Waals surface area contributed by atoms with Gasteiger partial charge in [0.2, 0.25) is 5.91 Å². The Morgan fingerprint density at radius 2 is 1.78 bits per heavy atom. The third-order valence-corrected chi connectivity index (χ3v) is 10.3. The summed E-state index contributed by atoms with van der Waals surface area (Å²) in [6.45, 7) is 4.43. The number of hydrogen-bond acceptors (Lipinski definition) is 10. The molecule has 2 fully saturated rings. The highest BCUT2D eigenvalue weighted by atomic mass is 16.5. The van der Waals surface area contributed by atoms with Crippen LogP contribution in [0.4, 0.5) is 0 Å². The van der Waals surface area contributed by atoms with E-state index in [4.69, 9.17) is 14.6 Å². The van der Waals surface area contributed by atoms with E-state index in [1.165, 1.54) is 34.3 Å². The molecular weight excluding hydrogens is 650 g/mol. The number of rotatable bonds is 21. The summed E-state index contributed by atoms with van der Waals surface area (Å²) in [6, 6.07) is 17.0. The molecule has 51 heavy (non-hydrogen) atoms. The van der Waals surface area contributed by atoms with Crippen molar-refractivity contribution < 1.29 is 39.8 Å². The number of aromatic nitrogens is 1. The molecule has 5 rings (SSSR count). The van der Waals surface area contributed by atoms with Crippen molar-refractivity contribution >= 4 is 5.91 Å². The van der Waals surface area contributed by atoms with Crippen LogP contribution in [-0.2, 0) is 21.6 Å². The highest BCUT2D eigenvalue weighted by molar-refractivity contribution is 5.76. The molecule has 11 nitrogen and oxygen atoms in total. The van der Waals surface area contributed by atoms with Crippen LogP contribution in [0.3, 0.4) is 0 Å². The number of ether oxygens (including phenoxy) is 2. The molecule has 5 unspecified atom stereocenters. The fourth-order valence-corrected chi connectivity index (χ4v) is 6.59. The molecule has 0 aliphatic heterocycles. The van der Waals surface area contributed by atoms with Crippen LogP contribution >= 0.6 is 0 Å². The Balaban J connectivity index is 1.18. The Bertz CT molecular complexity index is 1580. The van der Waals surface area contributed by atoms with Crippen molar-refractivity contribution in [3.05, 3.63) is 83.2 Å². The Kier molecular flexibility index (Phi) is 13.6. The van der Waals surface area contributed by atoms with Crippen LogP contribution in [0.2, 0.25) is 0 Å². The van der Waals surface area contributed by atoms with Gasteiger partial charge in [-0.25, -0.2) is 0 Å². The molecule has 11 heteroatoms. The zero-order valence-electron chi connectivity index (χ0n) is 30.1. The number of aliphatic hydroxyl groups is 5. The van der Waals surface area contributed by atoms with Crippen molar-refractivity contribution in [3.8, 4) is 16.9 Å². The van der Waals surface area contributed by atoms with Crippen molar-refractivity contribution in [1.82, 2.24) is 15.2 Å².